The fourth-order valence-corrected chi connectivity index (χ4v) is 1.79. The molecule has 0 saturated heterocycles. The third-order valence-corrected chi connectivity index (χ3v) is 2.74. The molecule has 0 heterocycles. The average molecular weight is 421 g/mol. The zero-order valence-electron chi connectivity index (χ0n) is 14.0. The number of ether oxygens (including phenoxy) is 1. The molecule has 0 aliphatic rings. The molecule has 0 radical (unpaired) electrons. The first-order valence-electron chi connectivity index (χ1n) is 7.24. The summed E-state index contributed by atoms with van der Waals surface area (Å²) in [5.74, 6) is 1.43. The minimum absolute atomic E-state index is 0. The monoisotopic (exact) mass is 421 g/mol. The van der Waals surface area contributed by atoms with Crippen molar-refractivity contribution >= 4 is 29.9 Å². The highest BCUT2D eigenvalue weighted by molar-refractivity contribution is 14.0. The SMILES string of the molecule is CCNC(=NCC(O)c1cccc(OC)c1)NC(C)(C)C.I. The Morgan fingerprint density at radius 1 is 1.36 bits per heavy atom. The van der Waals surface area contributed by atoms with Gasteiger partial charge in [-0.1, -0.05) is 12.1 Å². The normalized spacial score (nSPS) is 13.1. The van der Waals surface area contributed by atoms with Crippen molar-refractivity contribution in [2.75, 3.05) is 20.2 Å². The molecule has 1 rings (SSSR count). The van der Waals surface area contributed by atoms with Gasteiger partial charge in [-0.05, 0) is 45.4 Å². The Balaban J connectivity index is 0.00000441. The lowest BCUT2D eigenvalue weighted by Gasteiger charge is -2.24. The summed E-state index contributed by atoms with van der Waals surface area (Å²) in [6.45, 7) is 9.28. The van der Waals surface area contributed by atoms with E-state index >= 15 is 0 Å². The number of aliphatic hydroxyl groups is 1. The van der Waals surface area contributed by atoms with Gasteiger partial charge in [0, 0.05) is 12.1 Å². The predicted octanol–water partition coefficient (Wildman–Crippen LogP) is 2.70. The van der Waals surface area contributed by atoms with Gasteiger partial charge >= 0.3 is 0 Å². The number of aliphatic hydroxyl groups excluding tert-OH is 1. The zero-order valence-corrected chi connectivity index (χ0v) is 16.3. The molecule has 3 N–H and O–H groups in total. The van der Waals surface area contributed by atoms with Crippen LogP contribution in [0.4, 0.5) is 0 Å². The maximum atomic E-state index is 10.2. The number of guanidine groups is 1. The molecular formula is C16H28IN3O2. The molecule has 0 bridgehead atoms. The Kier molecular flexibility index (Phi) is 9.43. The summed E-state index contributed by atoms with van der Waals surface area (Å²) in [4.78, 5) is 4.43. The number of nitrogens with zero attached hydrogens (tertiary/aromatic N) is 1. The molecule has 6 heteroatoms. The lowest BCUT2D eigenvalue weighted by atomic mass is 10.1. The van der Waals surface area contributed by atoms with E-state index in [0.717, 1.165) is 17.9 Å². The van der Waals surface area contributed by atoms with E-state index in [9.17, 15) is 5.11 Å². The van der Waals surface area contributed by atoms with Gasteiger partial charge in [0.15, 0.2) is 5.96 Å². The van der Waals surface area contributed by atoms with Crippen LogP contribution in [0.1, 0.15) is 39.4 Å². The molecule has 5 nitrogen and oxygen atoms in total. The number of nitrogens with one attached hydrogen (secondary N) is 2. The first-order chi connectivity index (χ1) is 9.85. The topological polar surface area (TPSA) is 65.9 Å². The maximum Gasteiger partial charge on any atom is 0.191 e. The van der Waals surface area contributed by atoms with Crippen LogP contribution >= 0.6 is 24.0 Å². The first kappa shape index (κ1) is 21.0. The van der Waals surface area contributed by atoms with Crippen molar-refractivity contribution in [1.82, 2.24) is 10.6 Å². The number of methoxy groups -OCH3 is 1. The van der Waals surface area contributed by atoms with E-state index in [1.807, 2.05) is 31.2 Å². The van der Waals surface area contributed by atoms with E-state index in [-0.39, 0.29) is 29.5 Å². The first-order valence-corrected chi connectivity index (χ1v) is 7.24. The largest absolute Gasteiger partial charge is 0.497 e. The summed E-state index contributed by atoms with van der Waals surface area (Å²) in [5.41, 5.74) is 0.715. The number of benzene rings is 1. The van der Waals surface area contributed by atoms with Gasteiger partial charge < -0.3 is 20.5 Å². The summed E-state index contributed by atoms with van der Waals surface area (Å²) in [6.07, 6.45) is -0.657. The van der Waals surface area contributed by atoms with Crippen LogP contribution < -0.4 is 15.4 Å². The van der Waals surface area contributed by atoms with E-state index in [0.29, 0.717) is 12.5 Å². The Hall–Kier alpha value is -1.02. The van der Waals surface area contributed by atoms with Crippen molar-refractivity contribution in [3.8, 4) is 5.75 Å². The number of rotatable bonds is 5. The second kappa shape index (κ2) is 9.89. The Morgan fingerprint density at radius 3 is 2.59 bits per heavy atom. The third kappa shape index (κ3) is 7.84. The van der Waals surface area contributed by atoms with Crippen LogP contribution in [0, 0.1) is 0 Å². The molecular weight excluding hydrogens is 393 g/mol. The highest BCUT2D eigenvalue weighted by Gasteiger charge is 2.13. The van der Waals surface area contributed by atoms with Gasteiger partial charge in [0.1, 0.15) is 5.75 Å². The molecule has 126 valence electrons. The number of aliphatic imine (C=N–C) groups is 1. The number of hydrogen-bond acceptors (Lipinski definition) is 3. The smallest absolute Gasteiger partial charge is 0.191 e. The molecule has 1 aromatic carbocycles. The minimum Gasteiger partial charge on any atom is -0.497 e. The second-order valence-corrected chi connectivity index (χ2v) is 5.89. The number of hydrogen-bond donors (Lipinski definition) is 3. The van der Waals surface area contributed by atoms with Crippen molar-refractivity contribution in [3.63, 3.8) is 0 Å². The highest BCUT2D eigenvalue weighted by Crippen LogP contribution is 2.19. The predicted molar refractivity (Wildman–Crippen MR) is 102 cm³/mol. The van der Waals surface area contributed by atoms with Gasteiger partial charge in [0.25, 0.3) is 0 Å². The Bertz CT molecular complexity index is 473. The van der Waals surface area contributed by atoms with Gasteiger partial charge in [0.2, 0.25) is 0 Å². The molecule has 1 unspecified atom stereocenters. The molecule has 0 aliphatic heterocycles. The van der Waals surface area contributed by atoms with Gasteiger partial charge in [-0.2, -0.15) is 0 Å². The van der Waals surface area contributed by atoms with Crippen LogP contribution in [0.3, 0.4) is 0 Å². The van der Waals surface area contributed by atoms with E-state index in [1.54, 1.807) is 7.11 Å². The standard InChI is InChI=1S/C16H27N3O2.HI/c1-6-17-15(19-16(2,3)4)18-11-14(20)12-8-7-9-13(10-12)21-5;/h7-10,14,20H,6,11H2,1-5H3,(H2,17,18,19);1H. The van der Waals surface area contributed by atoms with Gasteiger partial charge in [0.05, 0.1) is 19.8 Å². The van der Waals surface area contributed by atoms with Crippen molar-refractivity contribution in [2.24, 2.45) is 4.99 Å². The fourth-order valence-electron chi connectivity index (χ4n) is 1.79. The van der Waals surface area contributed by atoms with Gasteiger partial charge in [-0.3, -0.25) is 4.99 Å². The molecule has 1 aromatic rings. The van der Waals surface area contributed by atoms with Crippen molar-refractivity contribution in [2.45, 2.75) is 39.3 Å². The van der Waals surface area contributed by atoms with E-state index in [2.05, 4.69) is 36.4 Å². The van der Waals surface area contributed by atoms with Crippen molar-refractivity contribution in [3.05, 3.63) is 29.8 Å². The molecule has 0 aromatic heterocycles. The molecule has 22 heavy (non-hydrogen) atoms. The van der Waals surface area contributed by atoms with E-state index < -0.39 is 6.10 Å². The van der Waals surface area contributed by atoms with Crippen LogP contribution in [0.15, 0.2) is 29.3 Å². The lowest BCUT2D eigenvalue weighted by molar-refractivity contribution is 0.186. The highest BCUT2D eigenvalue weighted by atomic mass is 127. The number of halogens is 1. The second-order valence-electron chi connectivity index (χ2n) is 5.89. The summed E-state index contributed by atoms with van der Waals surface area (Å²) in [6, 6.07) is 7.40. The molecule has 0 saturated carbocycles. The minimum atomic E-state index is -0.657. The van der Waals surface area contributed by atoms with E-state index in [1.165, 1.54) is 0 Å². The maximum absolute atomic E-state index is 10.2. The molecule has 0 amide bonds. The fraction of sp³-hybridized carbons (Fsp3) is 0.562. The molecule has 0 fully saturated rings. The molecule has 1 atom stereocenters. The van der Waals surface area contributed by atoms with Crippen molar-refractivity contribution < 1.29 is 9.84 Å². The van der Waals surface area contributed by atoms with E-state index in [4.69, 9.17) is 4.74 Å². The summed E-state index contributed by atoms with van der Waals surface area (Å²) in [7, 11) is 1.61. The third-order valence-electron chi connectivity index (χ3n) is 2.74. The van der Waals surface area contributed by atoms with Crippen LogP contribution in [0.2, 0.25) is 0 Å². The van der Waals surface area contributed by atoms with Crippen LogP contribution in [0.25, 0.3) is 0 Å². The summed E-state index contributed by atoms with van der Waals surface area (Å²) in [5, 5.41) is 16.7. The van der Waals surface area contributed by atoms with Crippen molar-refractivity contribution in [1.29, 1.82) is 0 Å². The van der Waals surface area contributed by atoms with Gasteiger partial charge in [-0.15, -0.1) is 24.0 Å². The molecule has 0 spiro atoms. The zero-order chi connectivity index (χ0) is 15.9. The van der Waals surface area contributed by atoms with Gasteiger partial charge in [-0.25, -0.2) is 0 Å². The van der Waals surface area contributed by atoms with Crippen LogP contribution in [-0.2, 0) is 0 Å². The lowest BCUT2D eigenvalue weighted by Crippen LogP contribution is -2.47. The summed E-state index contributed by atoms with van der Waals surface area (Å²) < 4.78 is 5.16. The van der Waals surface area contributed by atoms with Crippen LogP contribution in [-0.4, -0.2) is 36.8 Å². The van der Waals surface area contributed by atoms with Crippen LogP contribution in [0.5, 0.6) is 5.75 Å². The molecule has 0 aliphatic carbocycles. The Labute approximate surface area is 150 Å². The Morgan fingerprint density at radius 2 is 2.05 bits per heavy atom. The average Bonchev–Trinajstić information content (AvgIpc) is 2.43. The summed E-state index contributed by atoms with van der Waals surface area (Å²) >= 11 is 0. The quantitative estimate of drug-likeness (QED) is 0.389.